The van der Waals surface area contributed by atoms with Gasteiger partial charge in [-0.25, -0.2) is 0 Å². The van der Waals surface area contributed by atoms with Gasteiger partial charge in [0.05, 0.1) is 12.9 Å². The highest BCUT2D eigenvalue weighted by molar-refractivity contribution is 5.83. The Morgan fingerprint density at radius 2 is 1.96 bits per heavy atom. The van der Waals surface area contributed by atoms with Crippen LogP contribution >= 0.6 is 0 Å². The zero-order chi connectivity index (χ0) is 16.4. The number of anilines is 1. The lowest BCUT2D eigenvalue weighted by Crippen LogP contribution is -2.15. The third kappa shape index (κ3) is 2.71. The van der Waals surface area contributed by atoms with E-state index in [4.69, 9.17) is 13.9 Å². The molecule has 24 heavy (non-hydrogen) atoms. The summed E-state index contributed by atoms with van der Waals surface area (Å²) in [5.41, 5.74) is 3.15. The molecule has 4 nitrogen and oxygen atoms in total. The maximum absolute atomic E-state index is 6.22. The predicted octanol–water partition coefficient (Wildman–Crippen LogP) is 5.24. The Morgan fingerprint density at radius 1 is 1.04 bits per heavy atom. The van der Waals surface area contributed by atoms with E-state index >= 15 is 0 Å². The second kappa shape index (κ2) is 6.32. The first-order valence-electron chi connectivity index (χ1n) is 8.18. The molecular weight excluding hydrogens is 302 g/mol. The molecule has 0 fully saturated rings. The zero-order valence-electron chi connectivity index (χ0n) is 13.5. The number of hydrogen-bond acceptors (Lipinski definition) is 4. The highest BCUT2D eigenvalue weighted by Crippen LogP contribution is 2.43. The lowest BCUT2D eigenvalue weighted by atomic mass is 10.0. The van der Waals surface area contributed by atoms with E-state index in [2.05, 4.69) is 18.3 Å². The van der Waals surface area contributed by atoms with Crippen LogP contribution < -0.4 is 14.8 Å². The number of furan rings is 1. The van der Waals surface area contributed by atoms with Crippen molar-refractivity contribution in [3.05, 3.63) is 66.6 Å². The summed E-state index contributed by atoms with van der Waals surface area (Å²) in [6.07, 6.45) is 2.24. The van der Waals surface area contributed by atoms with Gasteiger partial charge < -0.3 is 19.2 Å². The van der Waals surface area contributed by atoms with Gasteiger partial charge in [0.2, 0.25) is 6.23 Å². The van der Waals surface area contributed by atoms with E-state index in [-0.39, 0.29) is 6.23 Å². The van der Waals surface area contributed by atoms with Crippen molar-refractivity contribution in [2.45, 2.75) is 19.6 Å². The lowest BCUT2D eigenvalue weighted by molar-refractivity contribution is 0.205. The van der Waals surface area contributed by atoms with E-state index in [0.29, 0.717) is 6.61 Å². The number of nitrogens with one attached hydrogen (secondary N) is 1. The summed E-state index contributed by atoms with van der Waals surface area (Å²) in [4.78, 5) is 0. The molecule has 2 heterocycles. The Bertz CT molecular complexity index is 827. The molecule has 1 aliphatic heterocycles. The molecule has 3 aromatic rings. The fourth-order valence-corrected chi connectivity index (χ4v) is 2.84. The summed E-state index contributed by atoms with van der Waals surface area (Å²) in [5, 5.41) is 3.41. The summed E-state index contributed by atoms with van der Waals surface area (Å²) in [5.74, 6) is 2.33. The van der Waals surface area contributed by atoms with Crippen molar-refractivity contribution in [3.63, 3.8) is 0 Å². The molecule has 4 rings (SSSR count). The van der Waals surface area contributed by atoms with Crippen LogP contribution in [0.2, 0.25) is 0 Å². The van der Waals surface area contributed by atoms with Gasteiger partial charge in [-0.1, -0.05) is 25.1 Å². The summed E-state index contributed by atoms with van der Waals surface area (Å²) in [6.45, 7) is 2.78. The monoisotopic (exact) mass is 321 g/mol. The molecular formula is C20H19NO3. The van der Waals surface area contributed by atoms with Crippen LogP contribution in [0.25, 0.3) is 11.1 Å². The first-order chi connectivity index (χ1) is 11.8. The molecule has 122 valence electrons. The first-order valence-corrected chi connectivity index (χ1v) is 8.18. The van der Waals surface area contributed by atoms with Crippen molar-refractivity contribution in [2.24, 2.45) is 0 Å². The predicted molar refractivity (Wildman–Crippen MR) is 93.4 cm³/mol. The normalized spacial score (nSPS) is 15.5. The standard InChI is InChI=1S/C20H19NO3/c1-2-11-22-14-9-10-16-15-6-3-4-7-17(15)21-20(24-19(16)13-14)18-8-5-12-23-18/h3-10,12-13,20-21H,2,11H2,1H3. The van der Waals surface area contributed by atoms with Gasteiger partial charge in [-0.2, -0.15) is 0 Å². The Kier molecular flexibility index (Phi) is 3.87. The average Bonchev–Trinajstić information content (AvgIpc) is 3.09. The van der Waals surface area contributed by atoms with Crippen LogP contribution in [-0.4, -0.2) is 6.61 Å². The van der Waals surface area contributed by atoms with Crippen LogP contribution in [0, 0.1) is 0 Å². The molecule has 1 N–H and O–H groups in total. The van der Waals surface area contributed by atoms with Crippen LogP contribution in [0.15, 0.2) is 65.3 Å². The van der Waals surface area contributed by atoms with E-state index in [1.807, 2.05) is 48.5 Å². The summed E-state index contributed by atoms with van der Waals surface area (Å²) < 4.78 is 17.5. The largest absolute Gasteiger partial charge is 0.493 e. The Morgan fingerprint density at radius 3 is 2.79 bits per heavy atom. The third-order valence-electron chi connectivity index (χ3n) is 3.98. The van der Waals surface area contributed by atoms with Crippen molar-refractivity contribution in [3.8, 4) is 22.6 Å². The quantitative estimate of drug-likeness (QED) is 0.714. The van der Waals surface area contributed by atoms with Crippen LogP contribution in [0.5, 0.6) is 11.5 Å². The molecule has 2 aromatic carbocycles. The SMILES string of the molecule is CCCOc1ccc2c(c1)OC(c1ccco1)Nc1ccccc1-2. The Labute approximate surface area is 141 Å². The molecule has 0 saturated heterocycles. The molecule has 1 atom stereocenters. The Balaban J connectivity index is 1.79. The number of ether oxygens (including phenoxy) is 2. The molecule has 0 radical (unpaired) electrons. The van der Waals surface area contributed by atoms with Crippen LogP contribution in [-0.2, 0) is 0 Å². The maximum Gasteiger partial charge on any atom is 0.228 e. The molecule has 0 aliphatic carbocycles. The van der Waals surface area contributed by atoms with Gasteiger partial charge in [0, 0.05) is 22.9 Å². The van der Waals surface area contributed by atoms with E-state index in [1.165, 1.54) is 0 Å². The third-order valence-corrected chi connectivity index (χ3v) is 3.98. The van der Waals surface area contributed by atoms with E-state index in [0.717, 1.165) is 40.5 Å². The minimum absolute atomic E-state index is 0.385. The highest BCUT2D eigenvalue weighted by Gasteiger charge is 2.24. The second-order valence-electron chi connectivity index (χ2n) is 5.71. The number of hydrogen-bond donors (Lipinski definition) is 1. The van der Waals surface area contributed by atoms with E-state index in [9.17, 15) is 0 Å². The van der Waals surface area contributed by atoms with Gasteiger partial charge in [-0.3, -0.25) is 0 Å². The minimum Gasteiger partial charge on any atom is -0.493 e. The smallest absolute Gasteiger partial charge is 0.228 e. The molecule has 0 amide bonds. The van der Waals surface area contributed by atoms with Gasteiger partial charge in [0.25, 0.3) is 0 Å². The van der Waals surface area contributed by atoms with Crippen molar-refractivity contribution in [1.29, 1.82) is 0 Å². The number of fused-ring (bicyclic) bond motifs is 3. The topological polar surface area (TPSA) is 43.6 Å². The van der Waals surface area contributed by atoms with Crippen molar-refractivity contribution in [2.75, 3.05) is 11.9 Å². The molecule has 1 unspecified atom stereocenters. The van der Waals surface area contributed by atoms with E-state index in [1.54, 1.807) is 6.26 Å². The Hall–Kier alpha value is -2.88. The molecule has 0 saturated carbocycles. The van der Waals surface area contributed by atoms with Gasteiger partial charge in [0.15, 0.2) is 5.76 Å². The van der Waals surface area contributed by atoms with Crippen molar-refractivity contribution < 1.29 is 13.9 Å². The molecule has 1 aliphatic rings. The summed E-state index contributed by atoms with van der Waals surface area (Å²) in [6, 6.07) is 17.9. The van der Waals surface area contributed by atoms with Crippen molar-refractivity contribution in [1.82, 2.24) is 0 Å². The van der Waals surface area contributed by atoms with Crippen LogP contribution in [0.1, 0.15) is 25.3 Å². The minimum atomic E-state index is -0.385. The van der Waals surface area contributed by atoms with Crippen molar-refractivity contribution >= 4 is 5.69 Å². The molecule has 0 bridgehead atoms. The second-order valence-corrected chi connectivity index (χ2v) is 5.71. The molecule has 4 heteroatoms. The highest BCUT2D eigenvalue weighted by atomic mass is 16.5. The summed E-state index contributed by atoms with van der Waals surface area (Å²) in [7, 11) is 0. The average molecular weight is 321 g/mol. The van der Waals surface area contributed by atoms with Gasteiger partial charge in [0.1, 0.15) is 11.5 Å². The first kappa shape index (κ1) is 14.7. The number of para-hydroxylation sites is 1. The van der Waals surface area contributed by atoms with Crippen LogP contribution in [0.3, 0.4) is 0 Å². The molecule has 1 aromatic heterocycles. The van der Waals surface area contributed by atoms with Gasteiger partial charge in [-0.05, 0) is 36.8 Å². The fourth-order valence-electron chi connectivity index (χ4n) is 2.84. The number of rotatable bonds is 4. The lowest BCUT2D eigenvalue weighted by Gasteiger charge is -2.17. The number of benzene rings is 2. The van der Waals surface area contributed by atoms with Crippen LogP contribution in [0.4, 0.5) is 5.69 Å². The fraction of sp³-hybridized carbons (Fsp3) is 0.200. The maximum atomic E-state index is 6.22. The van der Waals surface area contributed by atoms with Gasteiger partial charge >= 0.3 is 0 Å². The van der Waals surface area contributed by atoms with E-state index < -0.39 is 0 Å². The summed E-state index contributed by atoms with van der Waals surface area (Å²) >= 11 is 0. The zero-order valence-corrected chi connectivity index (χ0v) is 13.5. The van der Waals surface area contributed by atoms with Gasteiger partial charge in [-0.15, -0.1) is 0 Å². The molecule has 0 spiro atoms.